The molecule has 0 radical (unpaired) electrons. The second kappa shape index (κ2) is 4.87. The van der Waals surface area contributed by atoms with Crippen LogP contribution in [0, 0.1) is 17.1 Å². The van der Waals surface area contributed by atoms with Gasteiger partial charge in [-0.3, -0.25) is 0 Å². The Morgan fingerprint density at radius 2 is 2.20 bits per heavy atom. The van der Waals surface area contributed by atoms with Gasteiger partial charge in [-0.05, 0) is 26.0 Å². The van der Waals surface area contributed by atoms with Gasteiger partial charge in [-0.2, -0.15) is 5.26 Å². The van der Waals surface area contributed by atoms with Crippen LogP contribution in [-0.2, 0) is 20.4 Å². The Morgan fingerprint density at radius 3 is 2.75 bits per heavy atom. The normalized spacial score (nSPS) is 17.2. The molecule has 0 unspecified atom stereocenters. The molecule has 0 amide bonds. The maximum atomic E-state index is 13.7. The fourth-order valence-electron chi connectivity index (χ4n) is 1.85. The molecule has 0 saturated heterocycles. The van der Waals surface area contributed by atoms with Gasteiger partial charge < -0.3 is 4.84 Å². The molecule has 1 heterocycles. The minimum absolute atomic E-state index is 0.00681. The Balaban J connectivity index is 2.34. The number of nitrogens with zero attached hydrogens (tertiary/aromatic N) is 2. The lowest BCUT2D eigenvalue weighted by Gasteiger charge is -2.13. The molecule has 106 valence electrons. The van der Waals surface area contributed by atoms with Crippen LogP contribution in [0.5, 0.6) is 0 Å². The number of nitriles is 1. The second-order valence-electron chi connectivity index (χ2n) is 5.15. The van der Waals surface area contributed by atoms with Crippen LogP contribution in [-0.4, -0.2) is 19.1 Å². The number of hydrogen-bond acceptors (Lipinski definition) is 5. The highest BCUT2D eigenvalue weighted by Gasteiger charge is 2.36. The average Bonchev–Trinajstić information content (AvgIpc) is 2.73. The first-order valence-corrected chi connectivity index (χ1v) is 7.56. The number of sulfone groups is 1. The summed E-state index contributed by atoms with van der Waals surface area (Å²) in [6.07, 6.45) is 0.131. The molecule has 1 aromatic rings. The Hall–Kier alpha value is -1.94. The van der Waals surface area contributed by atoms with Crippen molar-refractivity contribution in [3.8, 4) is 6.07 Å². The van der Waals surface area contributed by atoms with Crippen molar-refractivity contribution in [3.05, 3.63) is 35.1 Å². The number of halogens is 1. The smallest absolute Gasteiger partial charge is 0.199 e. The summed E-state index contributed by atoms with van der Waals surface area (Å²) in [6, 6.07) is 5.66. The van der Waals surface area contributed by atoms with Gasteiger partial charge in [0.15, 0.2) is 14.9 Å². The van der Waals surface area contributed by atoms with Gasteiger partial charge in [0.25, 0.3) is 0 Å². The molecule has 1 aliphatic rings. The zero-order chi connectivity index (χ0) is 15.0. The summed E-state index contributed by atoms with van der Waals surface area (Å²) in [5.74, 6) is -1.31. The standard InChI is InChI=1S/C13H13FN2O3S/c1-13(2)6-12(16-19-13)20(17,18)8-10-9(7-15)4-3-5-11(10)14/h3-5H,6,8H2,1-2H3. The van der Waals surface area contributed by atoms with E-state index in [-0.39, 0.29) is 22.6 Å². The van der Waals surface area contributed by atoms with Crippen LogP contribution in [0.25, 0.3) is 0 Å². The maximum absolute atomic E-state index is 13.7. The van der Waals surface area contributed by atoms with E-state index < -0.39 is 27.0 Å². The van der Waals surface area contributed by atoms with Gasteiger partial charge in [-0.15, -0.1) is 0 Å². The third kappa shape index (κ3) is 2.80. The summed E-state index contributed by atoms with van der Waals surface area (Å²) >= 11 is 0. The van der Waals surface area contributed by atoms with Gasteiger partial charge in [-0.1, -0.05) is 11.2 Å². The van der Waals surface area contributed by atoms with Crippen LogP contribution in [0.1, 0.15) is 31.4 Å². The molecule has 1 aliphatic heterocycles. The predicted molar refractivity (Wildman–Crippen MR) is 71.0 cm³/mol. The molecule has 2 rings (SSSR count). The van der Waals surface area contributed by atoms with Gasteiger partial charge in [0, 0.05) is 12.0 Å². The second-order valence-corrected chi connectivity index (χ2v) is 7.14. The Labute approximate surface area is 116 Å². The monoisotopic (exact) mass is 296 g/mol. The fraction of sp³-hybridized carbons (Fsp3) is 0.385. The van der Waals surface area contributed by atoms with Gasteiger partial charge in [0.1, 0.15) is 11.4 Å². The summed E-state index contributed by atoms with van der Waals surface area (Å²) < 4.78 is 38.2. The molecular weight excluding hydrogens is 283 g/mol. The SMILES string of the molecule is CC1(C)CC(S(=O)(=O)Cc2c(F)cccc2C#N)=NO1. The average molecular weight is 296 g/mol. The van der Waals surface area contributed by atoms with Crippen LogP contribution in [0.4, 0.5) is 4.39 Å². The molecule has 0 N–H and O–H groups in total. The van der Waals surface area contributed by atoms with Gasteiger partial charge in [-0.25, -0.2) is 12.8 Å². The zero-order valence-electron chi connectivity index (χ0n) is 11.1. The highest BCUT2D eigenvalue weighted by Crippen LogP contribution is 2.27. The van der Waals surface area contributed by atoms with Gasteiger partial charge in [0.05, 0.1) is 17.4 Å². The molecule has 5 nitrogen and oxygen atoms in total. The topological polar surface area (TPSA) is 79.5 Å². The van der Waals surface area contributed by atoms with Crippen molar-refractivity contribution < 1.29 is 17.6 Å². The van der Waals surface area contributed by atoms with E-state index in [2.05, 4.69) is 5.16 Å². The van der Waals surface area contributed by atoms with E-state index in [0.29, 0.717) is 0 Å². The molecule has 0 aliphatic carbocycles. The van der Waals surface area contributed by atoms with E-state index in [0.717, 1.165) is 6.07 Å². The van der Waals surface area contributed by atoms with Crippen LogP contribution in [0.2, 0.25) is 0 Å². The summed E-state index contributed by atoms with van der Waals surface area (Å²) in [7, 11) is -3.81. The molecule has 0 saturated carbocycles. The van der Waals surface area contributed by atoms with Crippen LogP contribution < -0.4 is 0 Å². The van der Waals surface area contributed by atoms with Crippen molar-refractivity contribution in [2.24, 2.45) is 5.16 Å². The van der Waals surface area contributed by atoms with E-state index >= 15 is 0 Å². The number of benzene rings is 1. The first kappa shape index (κ1) is 14.5. The molecular formula is C13H13FN2O3S. The summed E-state index contributed by atoms with van der Waals surface area (Å²) in [5, 5.41) is 12.4. The van der Waals surface area contributed by atoms with Crippen molar-refractivity contribution in [3.63, 3.8) is 0 Å². The van der Waals surface area contributed by atoms with Crippen LogP contribution in [0.3, 0.4) is 0 Å². The molecule has 0 bridgehead atoms. The lowest BCUT2D eigenvalue weighted by atomic mass is 10.1. The quantitative estimate of drug-likeness (QED) is 0.837. The number of oxime groups is 1. The van der Waals surface area contributed by atoms with E-state index in [9.17, 15) is 12.8 Å². The van der Waals surface area contributed by atoms with Crippen molar-refractivity contribution >= 4 is 14.9 Å². The van der Waals surface area contributed by atoms with E-state index in [4.69, 9.17) is 10.1 Å². The van der Waals surface area contributed by atoms with Crippen LogP contribution >= 0.6 is 0 Å². The first-order valence-electron chi connectivity index (χ1n) is 5.90. The molecule has 20 heavy (non-hydrogen) atoms. The highest BCUT2D eigenvalue weighted by atomic mass is 32.2. The highest BCUT2D eigenvalue weighted by molar-refractivity contribution is 8.05. The van der Waals surface area contributed by atoms with Crippen molar-refractivity contribution in [2.45, 2.75) is 31.6 Å². The molecule has 7 heteroatoms. The minimum atomic E-state index is -3.81. The van der Waals surface area contributed by atoms with Gasteiger partial charge >= 0.3 is 0 Å². The third-order valence-electron chi connectivity index (χ3n) is 2.90. The van der Waals surface area contributed by atoms with E-state index in [1.807, 2.05) is 0 Å². The van der Waals surface area contributed by atoms with Crippen LogP contribution in [0.15, 0.2) is 23.4 Å². The molecule has 0 spiro atoms. The summed E-state index contributed by atoms with van der Waals surface area (Å²) in [5.41, 5.74) is -0.815. The van der Waals surface area contributed by atoms with Crippen molar-refractivity contribution in [1.29, 1.82) is 5.26 Å². The van der Waals surface area contributed by atoms with Crippen molar-refractivity contribution in [1.82, 2.24) is 0 Å². The minimum Gasteiger partial charge on any atom is -0.389 e. The lowest BCUT2D eigenvalue weighted by Crippen LogP contribution is -2.23. The van der Waals surface area contributed by atoms with E-state index in [1.54, 1.807) is 19.9 Å². The maximum Gasteiger partial charge on any atom is 0.199 e. The Bertz CT molecular complexity index is 718. The first-order chi connectivity index (χ1) is 9.25. The number of hydrogen-bond donors (Lipinski definition) is 0. The molecule has 0 fully saturated rings. The Kier molecular flexibility index (Phi) is 3.52. The molecule has 0 atom stereocenters. The fourth-order valence-corrected chi connectivity index (χ4v) is 3.41. The predicted octanol–water partition coefficient (Wildman–Crippen LogP) is 2.12. The summed E-state index contributed by atoms with van der Waals surface area (Å²) in [4.78, 5) is 5.01. The zero-order valence-corrected chi connectivity index (χ0v) is 11.9. The van der Waals surface area contributed by atoms with Gasteiger partial charge in [0.2, 0.25) is 0 Å². The van der Waals surface area contributed by atoms with E-state index in [1.165, 1.54) is 12.1 Å². The summed E-state index contributed by atoms with van der Waals surface area (Å²) in [6.45, 7) is 3.42. The molecule has 0 aromatic heterocycles. The Morgan fingerprint density at radius 1 is 1.50 bits per heavy atom. The molecule has 1 aromatic carbocycles. The number of rotatable bonds is 2. The van der Waals surface area contributed by atoms with Crippen molar-refractivity contribution in [2.75, 3.05) is 0 Å². The third-order valence-corrected chi connectivity index (χ3v) is 4.51. The largest absolute Gasteiger partial charge is 0.389 e. The lowest BCUT2D eigenvalue weighted by molar-refractivity contribution is 0.0123.